The van der Waals surface area contributed by atoms with Crippen LogP contribution >= 0.6 is 11.9 Å². The number of carbonyl (C=O) groups is 1. The number of rotatable bonds is 10. The minimum absolute atomic E-state index is 0.0337. The van der Waals surface area contributed by atoms with Gasteiger partial charge in [0.25, 0.3) is 0 Å². The number of halogens is 1. The van der Waals surface area contributed by atoms with Crippen LogP contribution < -0.4 is 15.6 Å². The van der Waals surface area contributed by atoms with Crippen molar-refractivity contribution in [2.24, 2.45) is 10.3 Å². The number of aliphatic hydroxyl groups is 1. The van der Waals surface area contributed by atoms with Gasteiger partial charge in [0, 0.05) is 62.9 Å². The van der Waals surface area contributed by atoms with Crippen molar-refractivity contribution in [2.75, 3.05) is 44.8 Å². The highest BCUT2D eigenvalue weighted by Gasteiger charge is 2.36. The Hall–Kier alpha value is -3.52. The summed E-state index contributed by atoms with van der Waals surface area (Å²) in [5.41, 5.74) is -0.832. The van der Waals surface area contributed by atoms with Crippen molar-refractivity contribution in [3.8, 4) is 0 Å². The smallest absolute Gasteiger partial charge is 0.341 e. The summed E-state index contributed by atoms with van der Waals surface area (Å²) in [5.74, 6) is -1.58. The van der Waals surface area contributed by atoms with Crippen LogP contribution in [0.4, 0.5) is 10.2 Å². The molecule has 1 fully saturated rings. The zero-order valence-corrected chi connectivity index (χ0v) is 22.3. The highest BCUT2D eigenvalue weighted by Crippen LogP contribution is 2.38. The first-order valence-corrected chi connectivity index (χ1v) is 13.4. The summed E-state index contributed by atoms with van der Waals surface area (Å²) in [6.45, 7) is 4.17. The molecule has 0 spiro atoms. The van der Waals surface area contributed by atoms with Crippen molar-refractivity contribution in [1.82, 2.24) is 19.8 Å². The van der Waals surface area contributed by atoms with E-state index in [-0.39, 0.29) is 22.8 Å². The first kappa shape index (κ1) is 27.1. The van der Waals surface area contributed by atoms with E-state index >= 15 is 4.39 Å². The minimum Gasteiger partial charge on any atom is -0.477 e. The van der Waals surface area contributed by atoms with Crippen molar-refractivity contribution in [2.45, 2.75) is 18.6 Å². The Kier molecular flexibility index (Phi) is 7.84. The Balaban J connectivity index is 1.46. The van der Waals surface area contributed by atoms with Crippen molar-refractivity contribution < 1.29 is 24.1 Å². The molecule has 13 heteroatoms. The van der Waals surface area contributed by atoms with E-state index in [9.17, 15) is 19.8 Å². The molecule has 39 heavy (non-hydrogen) atoms. The number of carboxylic acids is 1. The average Bonchev–Trinajstić information content (AvgIpc) is 3.28. The van der Waals surface area contributed by atoms with Gasteiger partial charge in [-0.05, 0) is 13.0 Å². The summed E-state index contributed by atoms with van der Waals surface area (Å²) in [4.78, 5) is 33.0. The summed E-state index contributed by atoms with van der Waals surface area (Å²) in [6, 6.07) is 10.6. The summed E-state index contributed by atoms with van der Waals surface area (Å²) in [6.07, 6.45) is 0.461. The van der Waals surface area contributed by atoms with Crippen LogP contribution in [-0.4, -0.2) is 82.6 Å². The Bertz CT molecular complexity index is 1460. The Labute approximate surface area is 228 Å². The van der Waals surface area contributed by atoms with Crippen molar-refractivity contribution in [3.63, 3.8) is 0 Å². The SMILES string of the molecule is CCOCCNC(O)C1CN(c2nc3c(cc2F)c(=O)c(C(=O)O)cn3[C@H]2SN=C(c3ccccc3)N2C)C1. The zero-order valence-electron chi connectivity index (χ0n) is 21.5. The lowest BCUT2D eigenvalue weighted by molar-refractivity contribution is 0.0485. The molecule has 1 saturated heterocycles. The maximum atomic E-state index is 15.3. The zero-order chi connectivity index (χ0) is 27.7. The van der Waals surface area contributed by atoms with Crippen molar-refractivity contribution in [1.29, 1.82) is 0 Å². The number of nitrogens with zero attached hydrogens (tertiary/aromatic N) is 5. The van der Waals surface area contributed by atoms with Gasteiger partial charge in [0.15, 0.2) is 17.1 Å². The maximum Gasteiger partial charge on any atom is 0.341 e. The summed E-state index contributed by atoms with van der Waals surface area (Å²) in [5, 5.41) is 23.0. The van der Waals surface area contributed by atoms with Gasteiger partial charge in [0.2, 0.25) is 5.43 Å². The molecule has 2 aliphatic rings. The number of hydrogen-bond donors (Lipinski definition) is 3. The van der Waals surface area contributed by atoms with E-state index in [2.05, 4.69) is 14.7 Å². The standard InChI is InChI=1S/C26H29FN6O5S/c1-3-38-10-9-28-24(35)16-12-32(13-16)23-19(27)11-17-20(34)18(25(36)37)14-33(22(17)29-23)26-31(2)21(30-39-26)15-7-5-4-6-8-15/h4-8,11,14,16,24,26,28,35H,3,9-10,12-13H2,1-2H3,(H,36,37)/t24?,26-/m0/s1. The van der Waals surface area contributed by atoms with Crippen LogP contribution in [0, 0.1) is 11.7 Å². The van der Waals surface area contributed by atoms with E-state index in [1.54, 1.807) is 9.47 Å². The fraction of sp³-hybridized carbons (Fsp3) is 0.385. The number of pyridine rings is 2. The van der Waals surface area contributed by atoms with Gasteiger partial charge < -0.3 is 24.7 Å². The van der Waals surface area contributed by atoms with Gasteiger partial charge in [-0.2, -0.15) is 4.40 Å². The number of benzene rings is 1. The van der Waals surface area contributed by atoms with Crippen LogP contribution in [0.15, 0.2) is 51.8 Å². The Morgan fingerprint density at radius 2 is 2.05 bits per heavy atom. The molecule has 0 aliphatic carbocycles. The molecule has 2 atom stereocenters. The van der Waals surface area contributed by atoms with E-state index in [4.69, 9.17) is 4.74 Å². The molecule has 0 saturated carbocycles. The predicted octanol–water partition coefficient (Wildman–Crippen LogP) is 2.11. The third-order valence-corrected chi connectivity index (χ3v) is 7.81. The second-order valence-corrected chi connectivity index (χ2v) is 10.1. The number of hydrogen-bond acceptors (Lipinski definition) is 10. The molecule has 0 radical (unpaired) electrons. The second kappa shape index (κ2) is 11.3. The van der Waals surface area contributed by atoms with E-state index < -0.39 is 34.5 Å². The monoisotopic (exact) mass is 556 g/mol. The Morgan fingerprint density at radius 1 is 1.31 bits per heavy atom. The summed E-state index contributed by atoms with van der Waals surface area (Å²) >= 11 is 1.18. The molecule has 3 aromatic rings. The number of nitrogens with one attached hydrogen (secondary N) is 1. The minimum atomic E-state index is -1.41. The fourth-order valence-corrected chi connectivity index (χ4v) is 5.60. The lowest BCUT2D eigenvalue weighted by Crippen LogP contribution is -2.56. The fourth-order valence-electron chi connectivity index (χ4n) is 4.67. The molecular formula is C26H29FN6O5S. The number of aromatic carboxylic acids is 1. The third-order valence-electron chi connectivity index (χ3n) is 6.80. The molecule has 3 N–H and O–H groups in total. The number of aromatic nitrogens is 2. The third kappa shape index (κ3) is 5.22. The first-order chi connectivity index (χ1) is 18.8. The lowest BCUT2D eigenvalue weighted by atomic mass is 9.98. The van der Waals surface area contributed by atoms with E-state index in [1.807, 2.05) is 49.2 Å². The van der Waals surface area contributed by atoms with Crippen LogP contribution in [-0.2, 0) is 4.74 Å². The van der Waals surface area contributed by atoms with Gasteiger partial charge >= 0.3 is 5.97 Å². The van der Waals surface area contributed by atoms with Crippen LogP contribution in [0.25, 0.3) is 11.0 Å². The Morgan fingerprint density at radius 3 is 2.74 bits per heavy atom. The van der Waals surface area contributed by atoms with Gasteiger partial charge in [-0.3, -0.25) is 14.7 Å². The molecule has 4 heterocycles. The second-order valence-electron chi connectivity index (χ2n) is 9.33. The van der Waals surface area contributed by atoms with E-state index in [1.165, 1.54) is 18.1 Å². The van der Waals surface area contributed by atoms with E-state index in [0.717, 1.165) is 11.6 Å². The number of aliphatic hydroxyl groups excluding tert-OH is 1. The molecule has 2 aromatic heterocycles. The topological polar surface area (TPSA) is 133 Å². The predicted molar refractivity (Wildman–Crippen MR) is 146 cm³/mol. The van der Waals surface area contributed by atoms with Crippen LogP contribution in [0.1, 0.15) is 28.3 Å². The quantitative estimate of drug-likeness (QED) is 0.194. The van der Waals surface area contributed by atoms with Crippen LogP contribution in [0.2, 0.25) is 0 Å². The number of anilines is 1. The average molecular weight is 557 g/mol. The number of ether oxygens (including phenoxy) is 1. The number of fused-ring (bicyclic) bond motifs is 1. The normalized spacial score (nSPS) is 18.4. The summed E-state index contributed by atoms with van der Waals surface area (Å²) < 4.78 is 26.6. The molecule has 0 amide bonds. The number of carboxylic acid groups (broad SMARTS) is 1. The number of amidine groups is 1. The largest absolute Gasteiger partial charge is 0.477 e. The summed E-state index contributed by atoms with van der Waals surface area (Å²) in [7, 11) is 1.81. The molecule has 5 rings (SSSR count). The first-order valence-electron chi connectivity index (χ1n) is 12.5. The molecule has 1 unspecified atom stereocenters. The van der Waals surface area contributed by atoms with E-state index in [0.29, 0.717) is 38.7 Å². The molecule has 2 aliphatic heterocycles. The lowest BCUT2D eigenvalue weighted by Gasteiger charge is -2.42. The molecule has 11 nitrogen and oxygen atoms in total. The highest BCUT2D eigenvalue weighted by molar-refractivity contribution is 7.98. The molecular weight excluding hydrogens is 527 g/mol. The van der Waals surface area contributed by atoms with Crippen molar-refractivity contribution in [3.05, 3.63) is 69.8 Å². The maximum absolute atomic E-state index is 15.3. The van der Waals surface area contributed by atoms with Gasteiger partial charge in [-0.1, -0.05) is 30.3 Å². The van der Waals surface area contributed by atoms with Crippen LogP contribution in [0.5, 0.6) is 0 Å². The van der Waals surface area contributed by atoms with Gasteiger partial charge in [-0.15, -0.1) is 0 Å². The molecule has 206 valence electrons. The van der Waals surface area contributed by atoms with Crippen molar-refractivity contribution >= 4 is 40.6 Å². The van der Waals surface area contributed by atoms with Crippen LogP contribution in [0.3, 0.4) is 0 Å². The molecule has 1 aromatic carbocycles. The van der Waals surface area contributed by atoms with Gasteiger partial charge in [-0.25, -0.2) is 14.2 Å². The highest BCUT2D eigenvalue weighted by atomic mass is 32.2. The molecule has 0 bridgehead atoms. The van der Waals surface area contributed by atoms with Gasteiger partial charge in [0.05, 0.1) is 12.0 Å². The van der Waals surface area contributed by atoms with Gasteiger partial charge in [0.1, 0.15) is 23.3 Å².